The van der Waals surface area contributed by atoms with Crippen LogP contribution in [0, 0.1) is 5.41 Å². The van der Waals surface area contributed by atoms with Gasteiger partial charge >= 0.3 is 0 Å². The third-order valence-corrected chi connectivity index (χ3v) is 5.15. The zero-order valence-corrected chi connectivity index (χ0v) is 16.2. The molecule has 2 aromatic rings. The van der Waals surface area contributed by atoms with Crippen LogP contribution in [0.5, 0.6) is 5.75 Å². The summed E-state index contributed by atoms with van der Waals surface area (Å²) < 4.78 is 5.46. The van der Waals surface area contributed by atoms with Gasteiger partial charge in [0.05, 0.1) is 6.10 Å². The Morgan fingerprint density at radius 1 is 1.14 bits per heavy atom. The van der Waals surface area contributed by atoms with Crippen molar-refractivity contribution in [3.63, 3.8) is 0 Å². The second kappa shape index (κ2) is 8.44. The second-order valence-corrected chi connectivity index (χ2v) is 7.46. The van der Waals surface area contributed by atoms with E-state index >= 15 is 0 Å². The normalized spacial score (nSPS) is 15.4. The number of carbonyl (C=O) groups excluding carboxylic acids is 2. The Bertz CT molecular complexity index is 831. The Morgan fingerprint density at radius 2 is 1.86 bits per heavy atom. The minimum atomic E-state index is -0.597. The van der Waals surface area contributed by atoms with E-state index in [0.29, 0.717) is 17.9 Å². The zero-order chi connectivity index (χ0) is 20.1. The van der Waals surface area contributed by atoms with Gasteiger partial charge in [-0.2, -0.15) is 0 Å². The molecule has 0 radical (unpaired) electrons. The minimum absolute atomic E-state index is 0.0789. The number of benzene rings is 2. The van der Waals surface area contributed by atoms with Crippen LogP contribution in [0.1, 0.15) is 34.9 Å². The van der Waals surface area contributed by atoms with Crippen LogP contribution in [0.15, 0.2) is 54.6 Å². The van der Waals surface area contributed by atoms with Crippen molar-refractivity contribution in [3.8, 4) is 5.75 Å². The molecule has 0 aromatic heterocycles. The summed E-state index contributed by atoms with van der Waals surface area (Å²) in [6.07, 6.45) is 1.15. The molecule has 3 rings (SSSR count). The molecule has 2 N–H and O–H groups in total. The van der Waals surface area contributed by atoms with Crippen molar-refractivity contribution in [3.05, 3.63) is 65.7 Å². The fourth-order valence-corrected chi connectivity index (χ4v) is 3.06. The van der Waals surface area contributed by atoms with Gasteiger partial charge in [-0.1, -0.05) is 36.4 Å². The average molecular weight is 382 g/mol. The highest BCUT2D eigenvalue weighted by molar-refractivity contribution is 5.94. The van der Waals surface area contributed by atoms with Gasteiger partial charge in [0.2, 0.25) is 0 Å². The molecule has 0 heterocycles. The van der Waals surface area contributed by atoms with Gasteiger partial charge < -0.3 is 20.1 Å². The van der Waals surface area contributed by atoms with E-state index < -0.39 is 6.10 Å². The third-order valence-electron chi connectivity index (χ3n) is 5.15. The largest absolute Gasteiger partial charge is 0.484 e. The van der Waals surface area contributed by atoms with Crippen molar-refractivity contribution in [2.75, 3.05) is 27.2 Å². The second-order valence-electron chi connectivity index (χ2n) is 7.46. The molecule has 1 atom stereocenters. The molecule has 1 fully saturated rings. The number of rotatable bonds is 8. The first kappa shape index (κ1) is 19.9. The molecule has 0 saturated heterocycles. The maximum atomic E-state index is 12.6. The molecule has 1 saturated carbocycles. The summed E-state index contributed by atoms with van der Waals surface area (Å²) in [6.45, 7) is 0.330. The standard InChI is InChI=1S/C22H26N2O4/c1-24(2)19(25)14-28-18-10-6-9-17(13-18)21(27)23-15-22(11-12-22)20(26)16-7-4-3-5-8-16/h3-10,13,20,26H,11-12,14-15H2,1-2H3,(H,23,27)/t20-/m1/s1. The molecule has 28 heavy (non-hydrogen) atoms. The van der Waals surface area contributed by atoms with Gasteiger partial charge in [-0.05, 0) is 36.6 Å². The van der Waals surface area contributed by atoms with Gasteiger partial charge in [0.15, 0.2) is 6.61 Å². The number of carbonyl (C=O) groups is 2. The van der Waals surface area contributed by atoms with Crippen LogP contribution in [0.4, 0.5) is 0 Å². The van der Waals surface area contributed by atoms with Crippen molar-refractivity contribution in [2.24, 2.45) is 5.41 Å². The SMILES string of the molecule is CN(C)C(=O)COc1cccc(C(=O)NCC2([C@H](O)c3ccccc3)CC2)c1. The quantitative estimate of drug-likeness (QED) is 0.735. The lowest BCUT2D eigenvalue weighted by molar-refractivity contribution is -0.130. The maximum Gasteiger partial charge on any atom is 0.259 e. The van der Waals surface area contributed by atoms with Crippen molar-refractivity contribution in [1.82, 2.24) is 10.2 Å². The number of nitrogens with zero attached hydrogens (tertiary/aromatic N) is 1. The van der Waals surface area contributed by atoms with Crippen molar-refractivity contribution < 1.29 is 19.4 Å². The summed E-state index contributed by atoms with van der Waals surface area (Å²) >= 11 is 0. The first-order chi connectivity index (χ1) is 13.4. The van der Waals surface area contributed by atoms with E-state index in [1.807, 2.05) is 30.3 Å². The van der Waals surface area contributed by atoms with Crippen LogP contribution in [0.2, 0.25) is 0 Å². The number of likely N-dealkylation sites (N-methyl/N-ethyl adjacent to an activating group) is 1. The summed E-state index contributed by atoms with van der Waals surface area (Å²) in [5, 5.41) is 13.6. The minimum Gasteiger partial charge on any atom is -0.484 e. The van der Waals surface area contributed by atoms with Crippen LogP contribution >= 0.6 is 0 Å². The molecular weight excluding hydrogens is 356 g/mol. The lowest BCUT2D eigenvalue weighted by Gasteiger charge is -2.23. The predicted octanol–water partition coefficient (Wildman–Crippen LogP) is 2.40. The fourth-order valence-electron chi connectivity index (χ4n) is 3.06. The number of amides is 2. The van der Waals surface area contributed by atoms with Crippen LogP contribution in [-0.4, -0.2) is 49.1 Å². The Kier molecular flexibility index (Phi) is 5.99. The number of hydrogen-bond donors (Lipinski definition) is 2. The first-order valence-electron chi connectivity index (χ1n) is 9.35. The molecule has 6 heteroatoms. The zero-order valence-electron chi connectivity index (χ0n) is 16.2. The first-order valence-corrected chi connectivity index (χ1v) is 9.35. The van der Waals surface area contributed by atoms with E-state index in [2.05, 4.69) is 5.32 Å². The van der Waals surface area contributed by atoms with E-state index in [4.69, 9.17) is 4.74 Å². The predicted molar refractivity (Wildman–Crippen MR) is 106 cm³/mol. The van der Waals surface area contributed by atoms with Gasteiger partial charge in [0.1, 0.15) is 5.75 Å². The highest BCUT2D eigenvalue weighted by Crippen LogP contribution is 2.54. The van der Waals surface area contributed by atoms with Crippen LogP contribution in [0.3, 0.4) is 0 Å². The Hall–Kier alpha value is -2.86. The van der Waals surface area contributed by atoms with Crippen LogP contribution in [0.25, 0.3) is 0 Å². The number of hydrogen-bond acceptors (Lipinski definition) is 4. The Morgan fingerprint density at radius 3 is 2.50 bits per heavy atom. The van der Waals surface area contributed by atoms with E-state index in [0.717, 1.165) is 18.4 Å². The molecule has 1 aliphatic rings. The van der Waals surface area contributed by atoms with Gasteiger partial charge in [-0.25, -0.2) is 0 Å². The topological polar surface area (TPSA) is 78.9 Å². The average Bonchev–Trinajstić information content (AvgIpc) is 3.51. The summed E-state index contributed by atoms with van der Waals surface area (Å²) in [5.74, 6) is 0.0876. The molecule has 0 aliphatic heterocycles. The van der Waals surface area contributed by atoms with Crippen molar-refractivity contribution in [1.29, 1.82) is 0 Å². The molecule has 0 unspecified atom stereocenters. The number of aliphatic hydroxyl groups is 1. The molecular formula is C22H26N2O4. The molecule has 2 aromatic carbocycles. The monoisotopic (exact) mass is 382 g/mol. The molecule has 148 valence electrons. The maximum absolute atomic E-state index is 12.6. The summed E-state index contributed by atoms with van der Waals surface area (Å²) in [4.78, 5) is 25.6. The lowest BCUT2D eigenvalue weighted by Crippen LogP contribution is -2.33. The molecule has 0 spiro atoms. The Labute approximate surface area is 165 Å². The lowest BCUT2D eigenvalue weighted by atomic mass is 9.92. The highest BCUT2D eigenvalue weighted by atomic mass is 16.5. The van der Waals surface area contributed by atoms with Gasteiger partial charge in [0.25, 0.3) is 11.8 Å². The van der Waals surface area contributed by atoms with E-state index in [1.165, 1.54) is 4.90 Å². The van der Waals surface area contributed by atoms with Crippen LogP contribution in [-0.2, 0) is 4.79 Å². The van der Waals surface area contributed by atoms with E-state index in [-0.39, 0.29) is 23.8 Å². The summed E-state index contributed by atoms with van der Waals surface area (Å²) in [5.41, 5.74) is 1.03. The smallest absolute Gasteiger partial charge is 0.259 e. The summed E-state index contributed by atoms with van der Waals surface area (Å²) in [6, 6.07) is 16.3. The molecule has 6 nitrogen and oxygen atoms in total. The van der Waals surface area contributed by atoms with Gasteiger partial charge in [-0.3, -0.25) is 9.59 Å². The highest BCUT2D eigenvalue weighted by Gasteiger charge is 2.49. The van der Waals surface area contributed by atoms with E-state index in [9.17, 15) is 14.7 Å². The molecule has 2 amide bonds. The Balaban J connectivity index is 1.58. The third kappa shape index (κ3) is 4.70. The van der Waals surface area contributed by atoms with Crippen molar-refractivity contribution in [2.45, 2.75) is 18.9 Å². The van der Waals surface area contributed by atoms with Crippen LogP contribution < -0.4 is 10.1 Å². The fraction of sp³-hybridized carbons (Fsp3) is 0.364. The van der Waals surface area contributed by atoms with Crippen molar-refractivity contribution >= 4 is 11.8 Å². The summed E-state index contributed by atoms with van der Waals surface area (Å²) in [7, 11) is 3.32. The van der Waals surface area contributed by atoms with E-state index in [1.54, 1.807) is 38.4 Å². The molecule has 1 aliphatic carbocycles. The molecule has 0 bridgehead atoms. The van der Waals surface area contributed by atoms with Gasteiger partial charge in [0, 0.05) is 31.6 Å². The number of nitrogens with one attached hydrogen (secondary N) is 1. The number of aliphatic hydroxyl groups excluding tert-OH is 1. The number of ether oxygens (including phenoxy) is 1. The van der Waals surface area contributed by atoms with Gasteiger partial charge in [-0.15, -0.1) is 0 Å².